The summed E-state index contributed by atoms with van der Waals surface area (Å²) >= 11 is 9.83. The molecule has 1 atom stereocenters. The Hall–Kier alpha value is -3.55. The molecule has 0 amide bonds. The predicted octanol–water partition coefficient (Wildman–Crippen LogP) is 7.29. The van der Waals surface area contributed by atoms with Gasteiger partial charge in [-0.3, -0.25) is 9.78 Å². The number of aromatic nitrogens is 1. The monoisotopic (exact) mass is 579 g/mol. The predicted molar refractivity (Wildman–Crippen MR) is 144 cm³/mol. The van der Waals surface area contributed by atoms with Gasteiger partial charge in [0, 0.05) is 28.5 Å². The highest BCUT2D eigenvalue weighted by Gasteiger charge is 2.24. The van der Waals surface area contributed by atoms with E-state index in [0.717, 1.165) is 38.2 Å². The minimum absolute atomic E-state index is 0.224. The van der Waals surface area contributed by atoms with E-state index in [0.29, 0.717) is 35.0 Å². The van der Waals surface area contributed by atoms with Crippen molar-refractivity contribution in [1.29, 1.82) is 0 Å². The number of ether oxygens (including phenoxy) is 4. The van der Waals surface area contributed by atoms with Gasteiger partial charge in [0.05, 0.1) is 10.6 Å². The van der Waals surface area contributed by atoms with Crippen molar-refractivity contribution < 1.29 is 23.7 Å². The number of carbonyl (C=O) groups excluding carboxylic acids is 1. The molecule has 0 radical (unpaired) electrons. The molecule has 0 bridgehead atoms. The fourth-order valence-corrected chi connectivity index (χ4v) is 4.75. The van der Waals surface area contributed by atoms with Gasteiger partial charge in [0.25, 0.3) is 0 Å². The van der Waals surface area contributed by atoms with Gasteiger partial charge >= 0.3 is 0 Å². The molecule has 4 aromatic rings. The normalized spacial score (nSPS) is 14.2. The second-order valence-electron chi connectivity index (χ2n) is 8.52. The van der Waals surface area contributed by atoms with Crippen molar-refractivity contribution in [2.24, 2.45) is 0 Å². The Morgan fingerprint density at radius 2 is 1.84 bits per heavy atom. The molecule has 0 N–H and O–H groups in total. The maximum Gasteiger partial charge on any atom is 0.162 e. The van der Waals surface area contributed by atoms with Gasteiger partial charge in [0.1, 0.15) is 31.3 Å². The number of fused-ring (bicyclic) bond motifs is 1. The summed E-state index contributed by atoms with van der Waals surface area (Å²) in [7, 11) is 0. The molecule has 1 aliphatic heterocycles. The van der Waals surface area contributed by atoms with Crippen LogP contribution in [0.15, 0.2) is 77.5 Å². The molecule has 1 aliphatic rings. The van der Waals surface area contributed by atoms with Crippen molar-refractivity contribution in [3.63, 3.8) is 0 Å². The topological polar surface area (TPSA) is 66.9 Å². The first kappa shape index (κ1) is 25.1. The van der Waals surface area contributed by atoms with E-state index in [2.05, 4.69) is 20.9 Å². The van der Waals surface area contributed by atoms with Crippen LogP contribution >= 0.6 is 27.5 Å². The minimum atomic E-state index is -0.224. The average molecular weight is 581 g/mol. The summed E-state index contributed by atoms with van der Waals surface area (Å²) in [5.74, 6) is 2.28. The highest BCUT2D eigenvalue weighted by atomic mass is 79.9. The molecule has 188 valence electrons. The van der Waals surface area contributed by atoms with E-state index in [-0.39, 0.29) is 19.3 Å². The molecule has 2 heterocycles. The number of nitrogens with zero attached hydrogens (tertiary/aromatic N) is 1. The van der Waals surface area contributed by atoms with Crippen molar-refractivity contribution in [3.8, 4) is 23.0 Å². The molecule has 0 saturated carbocycles. The largest absolute Gasteiger partial charge is 0.488 e. The molecule has 8 heteroatoms. The fraction of sp³-hybridized carbons (Fsp3) is 0.172. The summed E-state index contributed by atoms with van der Waals surface area (Å²) in [5, 5.41) is 0.327. The molecular weight excluding hydrogens is 558 g/mol. The minimum Gasteiger partial charge on any atom is -0.488 e. The van der Waals surface area contributed by atoms with Gasteiger partial charge in [-0.1, -0.05) is 41.9 Å². The SMILES string of the molecule is Cc1c(COc2cc(OCc3cncc(Br)c3)c(C=O)cc2Cl)cccc1C1COc2ccccc2O1. The van der Waals surface area contributed by atoms with Gasteiger partial charge in [0.2, 0.25) is 0 Å². The number of halogens is 2. The zero-order chi connectivity index (χ0) is 25.8. The van der Waals surface area contributed by atoms with E-state index < -0.39 is 0 Å². The van der Waals surface area contributed by atoms with Crippen LogP contribution in [0.4, 0.5) is 0 Å². The molecule has 3 aromatic carbocycles. The molecule has 1 aromatic heterocycles. The number of aldehydes is 1. The lowest BCUT2D eigenvalue weighted by atomic mass is 9.98. The van der Waals surface area contributed by atoms with Crippen molar-refractivity contribution in [2.75, 3.05) is 6.61 Å². The Labute approximate surface area is 228 Å². The van der Waals surface area contributed by atoms with E-state index in [1.54, 1.807) is 24.5 Å². The van der Waals surface area contributed by atoms with Gasteiger partial charge in [-0.2, -0.15) is 0 Å². The van der Waals surface area contributed by atoms with Crippen LogP contribution in [0.25, 0.3) is 0 Å². The summed E-state index contributed by atoms with van der Waals surface area (Å²) in [6.07, 6.45) is 3.88. The standard InChI is InChI=1S/C29H23BrClNO5/c1-18-20(5-4-6-23(18)29-17-36-25-7-2-3-8-26(25)37-29)16-35-28-11-27(21(14-33)10-24(28)31)34-15-19-9-22(30)13-32-12-19/h2-14,29H,15-17H2,1H3. The number of pyridine rings is 1. The van der Waals surface area contributed by atoms with Crippen LogP contribution in [-0.2, 0) is 13.2 Å². The molecule has 0 aliphatic carbocycles. The summed E-state index contributed by atoms with van der Waals surface area (Å²) in [4.78, 5) is 15.8. The van der Waals surface area contributed by atoms with Crippen molar-refractivity contribution in [2.45, 2.75) is 26.2 Å². The van der Waals surface area contributed by atoms with Gasteiger partial charge in [-0.15, -0.1) is 0 Å². The van der Waals surface area contributed by atoms with E-state index in [1.807, 2.05) is 55.5 Å². The van der Waals surface area contributed by atoms with Crippen LogP contribution in [-0.4, -0.2) is 17.9 Å². The maximum absolute atomic E-state index is 11.6. The Bertz CT molecular complexity index is 1440. The first-order valence-electron chi connectivity index (χ1n) is 11.6. The fourth-order valence-electron chi connectivity index (χ4n) is 4.11. The van der Waals surface area contributed by atoms with Crippen LogP contribution < -0.4 is 18.9 Å². The number of hydrogen-bond acceptors (Lipinski definition) is 6. The van der Waals surface area contributed by atoms with Crippen molar-refractivity contribution >= 4 is 33.8 Å². The summed E-state index contributed by atoms with van der Waals surface area (Å²) < 4.78 is 25.0. The maximum atomic E-state index is 11.6. The van der Waals surface area contributed by atoms with Gasteiger partial charge < -0.3 is 18.9 Å². The Morgan fingerprint density at radius 1 is 1.03 bits per heavy atom. The van der Waals surface area contributed by atoms with Crippen LogP contribution in [0.1, 0.15) is 38.7 Å². The van der Waals surface area contributed by atoms with E-state index >= 15 is 0 Å². The van der Waals surface area contributed by atoms with Gasteiger partial charge in [0.15, 0.2) is 23.9 Å². The third kappa shape index (κ3) is 5.73. The number of hydrogen-bond donors (Lipinski definition) is 0. The Morgan fingerprint density at radius 3 is 2.65 bits per heavy atom. The smallest absolute Gasteiger partial charge is 0.162 e. The third-order valence-corrected chi connectivity index (χ3v) is 6.80. The van der Waals surface area contributed by atoms with Crippen LogP contribution in [0.5, 0.6) is 23.0 Å². The lowest BCUT2D eigenvalue weighted by Gasteiger charge is -2.28. The zero-order valence-electron chi connectivity index (χ0n) is 19.9. The molecule has 6 nitrogen and oxygen atoms in total. The van der Waals surface area contributed by atoms with Crippen LogP contribution in [0.2, 0.25) is 5.02 Å². The number of para-hydroxylation sites is 2. The number of carbonyl (C=O) groups is 1. The van der Waals surface area contributed by atoms with Crippen molar-refractivity contribution in [1.82, 2.24) is 4.98 Å². The first-order valence-corrected chi connectivity index (χ1v) is 12.8. The Kier molecular flexibility index (Phi) is 7.63. The summed E-state index contributed by atoms with van der Waals surface area (Å²) in [6, 6.07) is 18.8. The molecule has 1 unspecified atom stereocenters. The molecule has 0 fully saturated rings. The first-order chi connectivity index (χ1) is 18.0. The zero-order valence-corrected chi connectivity index (χ0v) is 22.3. The number of benzene rings is 3. The highest BCUT2D eigenvalue weighted by Crippen LogP contribution is 2.38. The lowest BCUT2D eigenvalue weighted by Crippen LogP contribution is -2.22. The number of rotatable bonds is 8. The molecular formula is C29H23BrClNO5. The van der Waals surface area contributed by atoms with E-state index in [1.165, 1.54) is 0 Å². The van der Waals surface area contributed by atoms with Crippen molar-refractivity contribution in [3.05, 3.63) is 110 Å². The second kappa shape index (κ2) is 11.2. The molecule has 0 spiro atoms. The lowest BCUT2D eigenvalue weighted by molar-refractivity contribution is 0.0907. The second-order valence-corrected chi connectivity index (χ2v) is 9.85. The summed E-state index contributed by atoms with van der Waals surface area (Å²) in [6.45, 7) is 2.98. The molecule has 5 rings (SSSR count). The Balaban J connectivity index is 1.32. The van der Waals surface area contributed by atoms with Gasteiger partial charge in [-0.05, 0) is 63.8 Å². The quantitative estimate of drug-likeness (QED) is 0.204. The summed E-state index contributed by atoms with van der Waals surface area (Å²) in [5.41, 5.74) is 4.26. The van der Waals surface area contributed by atoms with Crippen LogP contribution in [0.3, 0.4) is 0 Å². The van der Waals surface area contributed by atoms with Gasteiger partial charge in [-0.25, -0.2) is 0 Å². The van der Waals surface area contributed by atoms with E-state index in [9.17, 15) is 4.79 Å². The average Bonchev–Trinajstić information content (AvgIpc) is 2.92. The van der Waals surface area contributed by atoms with Crippen LogP contribution in [0, 0.1) is 6.92 Å². The molecule has 0 saturated heterocycles. The third-order valence-electron chi connectivity index (χ3n) is 6.07. The highest BCUT2D eigenvalue weighted by molar-refractivity contribution is 9.10. The van der Waals surface area contributed by atoms with E-state index in [4.69, 9.17) is 30.5 Å². The molecule has 37 heavy (non-hydrogen) atoms.